The van der Waals surface area contributed by atoms with Gasteiger partial charge < -0.3 is 16.0 Å². The summed E-state index contributed by atoms with van der Waals surface area (Å²) in [5.41, 5.74) is 1.06. The molecule has 1 rings (SSSR count). The van der Waals surface area contributed by atoms with E-state index in [1.54, 1.807) is 25.1 Å². The second kappa shape index (κ2) is 9.68. The fourth-order valence-corrected chi connectivity index (χ4v) is 1.80. The first-order valence-electron chi connectivity index (χ1n) is 7.37. The fourth-order valence-electron chi connectivity index (χ4n) is 1.62. The highest BCUT2D eigenvalue weighted by Gasteiger charge is 2.09. The molecule has 0 unspecified atom stereocenters. The van der Waals surface area contributed by atoms with Crippen LogP contribution in [0.2, 0.25) is 5.02 Å². The van der Waals surface area contributed by atoms with Gasteiger partial charge in [0.25, 0.3) is 0 Å². The summed E-state index contributed by atoms with van der Waals surface area (Å²) in [4.78, 5) is 34.4. The maximum absolute atomic E-state index is 11.7. The van der Waals surface area contributed by atoms with Crippen LogP contribution in [0.1, 0.15) is 26.7 Å². The molecule has 0 saturated heterocycles. The van der Waals surface area contributed by atoms with Crippen molar-refractivity contribution in [2.24, 2.45) is 0 Å². The standard InChI is InChI=1S/C15H21ClN4O3/c1-3-7-17-15(23)20-14(22)9-18-12-8-10(5-6-11(12)16)19-13(21)4-2/h5-6,8,18H,3-4,7,9H2,1-2H3,(H,19,21)(H2,17,20,22,23). The van der Waals surface area contributed by atoms with Gasteiger partial charge in [0.15, 0.2) is 0 Å². The van der Waals surface area contributed by atoms with Gasteiger partial charge in [-0.2, -0.15) is 0 Å². The van der Waals surface area contributed by atoms with Crippen molar-refractivity contribution in [3.05, 3.63) is 23.2 Å². The van der Waals surface area contributed by atoms with Crippen LogP contribution in [0.4, 0.5) is 16.2 Å². The van der Waals surface area contributed by atoms with Crippen molar-refractivity contribution in [2.75, 3.05) is 23.7 Å². The van der Waals surface area contributed by atoms with Crippen molar-refractivity contribution in [3.8, 4) is 0 Å². The average Bonchev–Trinajstić information content (AvgIpc) is 2.53. The summed E-state index contributed by atoms with van der Waals surface area (Å²) < 4.78 is 0. The Morgan fingerprint density at radius 3 is 2.52 bits per heavy atom. The highest BCUT2D eigenvalue weighted by Crippen LogP contribution is 2.25. The summed E-state index contributed by atoms with van der Waals surface area (Å²) in [6, 6.07) is 4.37. The molecule has 0 saturated carbocycles. The lowest BCUT2D eigenvalue weighted by molar-refractivity contribution is -0.118. The van der Waals surface area contributed by atoms with Crippen molar-refractivity contribution in [3.63, 3.8) is 0 Å². The first-order valence-corrected chi connectivity index (χ1v) is 7.75. The molecule has 7 nitrogen and oxygen atoms in total. The molecule has 126 valence electrons. The van der Waals surface area contributed by atoms with Crippen molar-refractivity contribution < 1.29 is 14.4 Å². The highest BCUT2D eigenvalue weighted by atomic mass is 35.5. The highest BCUT2D eigenvalue weighted by molar-refractivity contribution is 6.33. The number of nitrogens with one attached hydrogen (secondary N) is 4. The van der Waals surface area contributed by atoms with Gasteiger partial charge in [0.1, 0.15) is 0 Å². The summed E-state index contributed by atoms with van der Waals surface area (Å²) in [6.45, 7) is 4.04. The molecule has 23 heavy (non-hydrogen) atoms. The van der Waals surface area contributed by atoms with E-state index in [2.05, 4.69) is 21.3 Å². The Bertz CT molecular complexity index is 578. The second-order valence-corrected chi connectivity index (χ2v) is 5.16. The molecule has 4 N–H and O–H groups in total. The first kappa shape index (κ1) is 18.8. The van der Waals surface area contributed by atoms with Gasteiger partial charge in [0.05, 0.1) is 17.3 Å². The molecule has 0 aliphatic carbocycles. The van der Waals surface area contributed by atoms with Crippen LogP contribution in [-0.2, 0) is 9.59 Å². The van der Waals surface area contributed by atoms with Crippen LogP contribution < -0.4 is 21.3 Å². The fraction of sp³-hybridized carbons (Fsp3) is 0.400. The van der Waals surface area contributed by atoms with Crippen molar-refractivity contribution in [1.82, 2.24) is 10.6 Å². The molecule has 0 atom stereocenters. The number of imide groups is 1. The van der Waals surface area contributed by atoms with Crippen molar-refractivity contribution in [2.45, 2.75) is 26.7 Å². The third-order valence-corrected chi connectivity index (χ3v) is 3.13. The normalized spacial score (nSPS) is 9.87. The summed E-state index contributed by atoms with van der Waals surface area (Å²) in [7, 11) is 0. The summed E-state index contributed by atoms with van der Waals surface area (Å²) in [6.07, 6.45) is 1.15. The molecule has 1 aromatic rings. The Hall–Kier alpha value is -2.28. The molecular formula is C15H21ClN4O3. The first-order chi connectivity index (χ1) is 11.0. The van der Waals surface area contributed by atoms with Gasteiger partial charge in [-0.25, -0.2) is 4.79 Å². The van der Waals surface area contributed by atoms with Crippen LogP contribution in [0, 0.1) is 0 Å². The Balaban J connectivity index is 2.56. The van der Waals surface area contributed by atoms with E-state index in [-0.39, 0.29) is 12.5 Å². The van der Waals surface area contributed by atoms with Crippen molar-refractivity contribution >= 4 is 40.8 Å². The minimum absolute atomic E-state index is 0.121. The lowest BCUT2D eigenvalue weighted by Gasteiger charge is -2.11. The Labute approximate surface area is 140 Å². The molecule has 0 aliphatic rings. The molecular weight excluding hydrogens is 320 g/mol. The molecule has 0 radical (unpaired) electrons. The average molecular weight is 341 g/mol. The van der Waals surface area contributed by atoms with E-state index >= 15 is 0 Å². The molecule has 0 fully saturated rings. The number of anilines is 2. The number of urea groups is 1. The predicted octanol–water partition coefficient (Wildman–Crippen LogP) is 2.34. The Morgan fingerprint density at radius 2 is 1.87 bits per heavy atom. The van der Waals surface area contributed by atoms with Crippen LogP contribution in [0.15, 0.2) is 18.2 Å². The van der Waals surface area contributed by atoms with E-state index < -0.39 is 11.9 Å². The molecule has 0 heterocycles. The third kappa shape index (κ3) is 7.01. The number of rotatable bonds is 7. The largest absolute Gasteiger partial charge is 0.375 e. The maximum Gasteiger partial charge on any atom is 0.321 e. The monoisotopic (exact) mass is 340 g/mol. The van der Waals surface area contributed by atoms with E-state index in [1.807, 2.05) is 6.92 Å². The molecule has 1 aromatic carbocycles. The predicted molar refractivity (Wildman–Crippen MR) is 90.7 cm³/mol. The topological polar surface area (TPSA) is 99.3 Å². The minimum Gasteiger partial charge on any atom is -0.375 e. The Morgan fingerprint density at radius 1 is 1.13 bits per heavy atom. The van der Waals surface area contributed by atoms with Crippen LogP contribution in [0.5, 0.6) is 0 Å². The molecule has 0 aromatic heterocycles. The third-order valence-electron chi connectivity index (χ3n) is 2.80. The van der Waals surface area contributed by atoms with Gasteiger partial charge in [-0.05, 0) is 24.6 Å². The Kier molecular flexibility index (Phi) is 7.90. The number of hydrogen-bond acceptors (Lipinski definition) is 4. The lowest BCUT2D eigenvalue weighted by Crippen LogP contribution is -2.42. The maximum atomic E-state index is 11.7. The van der Waals surface area contributed by atoms with Gasteiger partial charge in [-0.1, -0.05) is 25.4 Å². The zero-order valence-corrected chi connectivity index (χ0v) is 13.9. The van der Waals surface area contributed by atoms with Gasteiger partial charge in [-0.15, -0.1) is 0 Å². The summed E-state index contributed by atoms with van der Waals surface area (Å²) >= 11 is 6.04. The van der Waals surface area contributed by atoms with Crippen LogP contribution in [0.3, 0.4) is 0 Å². The van der Waals surface area contributed by atoms with E-state index in [1.165, 1.54) is 0 Å². The molecule has 0 aliphatic heterocycles. The summed E-state index contributed by atoms with van der Waals surface area (Å²) in [5, 5.41) is 10.7. The van der Waals surface area contributed by atoms with Crippen molar-refractivity contribution in [1.29, 1.82) is 0 Å². The minimum atomic E-state index is -0.534. The molecule has 8 heteroatoms. The number of amides is 4. The van der Waals surface area contributed by atoms with Gasteiger partial charge in [0, 0.05) is 18.7 Å². The second-order valence-electron chi connectivity index (χ2n) is 4.75. The quantitative estimate of drug-likeness (QED) is 0.612. The van der Waals surface area contributed by atoms with Crippen LogP contribution >= 0.6 is 11.6 Å². The molecule has 4 amide bonds. The van der Waals surface area contributed by atoms with E-state index in [0.29, 0.717) is 29.4 Å². The van der Waals surface area contributed by atoms with Gasteiger partial charge in [-0.3, -0.25) is 14.9 Å². The zero-order valence-electron chi connectivity index (χ0n) is 13.2. The lowest BCUT2D eigenvalue weighted by atomic mass is 10.2. The van der Waals surface area contributed by atoms with E-state index in [4.69, 9.17) is 11.6 Å². The van der Waals surface area contributed by atoms with Gasteiger partial charge in [0.2, 0.25) is 11.8 Å². The molecule has 0 spiro atoms. The van der Waals surface area contributed by atoms with Crippen LogP contribution in [-0.4, -0.2) is 30.9 Å². The smallest absolute Gasteiger partial charge is 0.321 e. The zero-order chi connectivity index (χ0) is 17.2. The molecule has 0 bridgehead atoms. The number of halogens is 1. The van der Waals surface area contributed by atoms with Gasteiger partial charge >= 0.3 is 6.03 Å². The number of benzene rings is 1. The van der Waals surface area contributed by atoms with Crippen LogP contribution in [0.25, 0.3) is 0 Å². The SMILES string of the molecule is CCCNC(=O)NC(=O)CNc1cc(NC(=O)CC)ccc1Cl. The van der Waals surface area contributed by atoms with E-state index in [0.717, 1.165) is 6.42 Å². The van der Waals surface area contributed by atoms with E-state index in [9.17, 15) is 14.4 Å². The number of hydrogen-bond donors (Lipinski definition) is 4. The number of carbonyl (C=O) groups is 3. The summed E-state index contributed by atoms with van der Waals surface area (Å²) in [5.74, 6) is -0.610. The number of carbonyl (C=O) groups excluding carboxylic acids is 3.